The zero-order chi connectivity index (χ0) is 7.84. The van der Waals surface area contributed by atoms with E-state index in [1.165, 1.54) is 0 Å². The van der Waals surface area contributed by atoms with Crippen LogP contribution in [0.15, 0.2) is 9.21 Å². The van der Waals surface area contributed by atoms with Gasteiger partial charge in [0.05, 0.1) is 6.04 Å². The van der Waals surface area contributed by atoms with Gasteiger partial charge in [0.25, 0.3) is 0 Å². The first-order chi connectivity index (χ1) is 5.27. The molecule has 1 N–H and O–H groups in total. The molecule has 0 bridgehead atoms. The van der Waals surface area contributed by atoms with Gasteiger partial charge >= 0.3 is 0 Å². The second-order valence-electron chi connectivity index (χ2n) is 2.41. The molecule has 2 rings (SSSR count). The van der Waals surface area contributed by atoms with Crippen molar-refractivity contribution in [3.05, 3.63) is 9.21 Å². The van der Waals surface area contributed by atoms with Crippen LogP contribution in [-0.4, -0.2) is 28.1 Å². The third-order valence-corrected chi connectivity index (χ3v) is 3.24. The molecule has 0 radical (unpaired) electrons. The van der Waals surface area contributed by atoms with Crippen LogP contribution in [0.25, 0.3) is 0 Å². The maximum atomic E-state index is 4.17. The van der Waals surface area contributed by atoms with Gasteiger partial charge in [-0.25, -0.2) is 0 Å². The van der Waals surface area contributed by atoms with Gasteiger partial charge in [-0.05, 0) is 31.9 Å². The van der Waals surface area contributed by atoms with Gasteiger partial charge in [-0.15, -0.1) is 10.2 Å². The molecule has 0 aliphatic carbocycles. The summed E-state index contributed by atoms with van der Waals surface area (Å²) in [6, 6.07) is 0.428. The second-order valence-corrected chi connectivity index (χ2v) is 3.92. The molecule has 0 spiro atoms. The minimum absolute atomic E-state index is 0.428. The van der Waals surface area contributed by atoms with Gasteiger partial charge in [0.1, 0.15) is 0 Å². The van der Waals surface area contributed by atoms with Crippen molar-refractivity contribution in [2.75, 3.05) is 13.1 Å². The number of hydrogen-bond donors (Lipinski definition) is 1. The van der Waals surface area contributed by atoms with Crippen LogP contribution in [0.5, 0.6) is 0 Å². The molecule has 1 aromatic heterocycles. The molecule has 1 aliphatic rings. The Morgan fingerprint density at radius 2 is 1.82 bits per heavy atom. The van der Waals surface area contributed by atoms with Crippen LogP contribution in [0.3, 0.4) is 0 Å². The number of halogens is 2. The van der Waals surface area contributed by atoms with Gasteiger partial charge < -0.3 is 5.32 Å². The summed E-state index contributed by atoms with van der Waals surface area (Å²) < 4.78 is 1.54. The Kier molecular flexibility index (Phi) is 1.98. The minimum atomic E-state index is 0.428. The molecule has 0 atom stereocenters. The first-order valence-electron chi connectivity index (χ1n) is 3.26. The van der Waals surface area contributed by atoms with Crippen molar-refractivity contribution in [1.82, 2.24) is 20.3 Å². The average Bonchev–Trinajstić information content (AvgIpc) is 2.08. The average molecular weight is 282 g/mol. The third kappa shape index (κ3) is 1.34. The van der Waals surface area contributed by atoms with E-state index in [0.29, 0.717) is 6.04 Å². The van der Waals surface area contributed by atoms with E-state index >= 15 is 0 Å². The summed E-state index contributed by atoms with van der Waals surface area (Å²) in [5.41, 5.74) is 0. The van der Waals surface area contributed by atoms with Crippen LogP contribution in [-0.2, 0) is 0 Å². The molecule has 1 saturated heterocycles. The molecule has 11 heavy (non-hydrogen) atoms. The Balaban J connectivity index is 2.24. The summed E-state index contributed by atoms with van der Waals surface area (Å²) in [7, 11) is 0. The summed E-state index contributed by atoms with van der Waals surface area (Å²) in [4.78, 5) is 1.73. The summed E-state index contributed by atoms with van der Waals surface area (Å²) in [5, 5.41) is 11.5. The first-order valence-corrected chi connectivity index (χ1v) is 4.84. The fourth-order valence-electron chi connectivity index (χ4n) is 0.885. The van der Waals surface area contributed by atoms with Crippen LogP contribution in [0.4, 0.5) is 0 Å². The number of rotatable bonds is 1. The molecule has 2 heterocycles. The maximum Gasteiger partial charge on any atom is 0.162 e. The highest BCUT2D eigenvalue weighted by Crippen LogP contribution is 2.19. The molecule has 4 nitrogen and oxygen atoms in total. The molecular weight excluding hydrogens is 276 g/mol. The second kappa shape index (κ2) is 2.84. The SMILES string of the molecule is Brc1nn(C2CNC2)nc1Br. The van der Waals surface area contributed by atoms with E-state index < -0.39 is 0 Å². The van der Waals surface area contributed by atoms with E-state index in [2.05, 4.69) is 47.4 Å². The van der Waals surface area contributed by atoms with Crippen molar-refractivity contribution in [2.24, 2.45) is 0 Å². The third-order valence-electron chi connectivity index (χ3n) is 1.64. The molecule has 1 aliphatic heterocycles. The van der Waals surface area contributed by atoms with E-state index in [9.17, 15) is 0 Å². The highest BCUT2D eigenvalue weighted by Gasteiger charge is 2.21. The molecule has 1 fully saturated rings. The van der Waals surface area contributed by atoms with Crippen molar-refractivity contribution in [3.63, 3.8) is 0 Å². The molecular formula is C5H6Br2N4. The quantitative estimate of drug-likeness (QED) is 0.833. The van der Waals surface area contributed by atoms with Crippen molar-refractivity contribution < 1.29 is 0 Å². The zero-order valence-corrected chi connectivity index (χ0v) is 8.76. The molecule has 0 aromatic carbocycles. The predicted molar refractivity (Wildman–Crippen MR) is 47.3 cm³/mol. The van der Waals surface area contributed by atoms with Crippen LogP contribution in [0.2, 0.25) is 0 Å². The summed E-state index contributed by atoms with van der Waals surface area (Å²) in [6.45, 7) is 1.93. The van der Waals surface area contributed by atoms with E-state index in [1.807, 2.05) is 0 Å². The lowest BCUT2D eigenvalue weighted by Crippen LogP contribution is -2.44. The predicted octanol–water partition coefficient (Wildman–Crippen LogP) is 0.947. The van der Waals surface area contributed by atoms with E-state index in [1.54, 1.807) is 4.80 Å². The maximum absolute atomic E-state index is 4.17. The number of nitrogens with one attached hydrogen (secondary N) is 1. The fourth-order valence-corrected chi connectivity index (χ4v) is 1.37. The summed E-state index contributed by atoms with van der Waals surface area (Å²) in [5.74, 6) is 0. The molecule has 0 saturated carbocycles. The Bertz CT molecular complexity index is 248. The van der Waals surface area contributed by atoms with Gasteiger partial charge in [-0.1, -0.05) is 0 Å². The topological polar surface area (TPSA) is 42.7 Å². The Morgan fingerprint density at radius 1 is 1.27 bits per heavy atom. The van der Waals surface area contributed by atoms with Crippen molar-refractivity contribution in [1.29, 1.82) is 0 Å². The smallest absolute Gasteiger partial charge is 0.162 e. The van der Waals surface area contributed by atoms with Crippen LogP contribution in [0.1, 0.15) is 6.04 Å². The largest absolute Gasteiger partial charge is 0.312 e. The van der Waals surface area contributed by atoms with Crippen LogP contribution < -0.4 is 5.32 Å². The standard InChI is InChI=1S/C5H6Br2N4/c6-4-5(7)10-11(9-4)3-1-8-2-3/h3,8H,1-2H2. The van der Waals surface area contributed by atoms with Crippen molar-refractivity contribution in [3.8, 4) is 0 Å². The van der Waals surface area contributed by atoms with Gasteiger partial charge in [0, 0.05) is 13.1 Å². The Hall–Kier alpha value is 0.0600. The molecule has 60 valence electrons. The van der Waals surface area contributed by atoms with E-state index in [0.717, 1.165) is 22.3 Å². The van der Waals surface area contributed by atoms with E-state index in [-0.39, 0.29) is 0 Å². The highest BCUT2D eigenvalue weighted by molar-refractivity contribution is 9.13. The zero-order valence-electron chi connectivity index (χ0n) is 5.59. The van der Waals surface area contributed by atoms with Crippen LogP contribution >= 0.6 is 31.9 Å². The highest BCUT2D eigenvalue weighted by atomic mass is 79.9. The lowest BCUT2D eigenvalue weighted by molar-refractivity contribution is 0.288. The minimum Gasteiger partial charge on any atom is -0.312 e. The monoisotopic (exact) mass is 280 g/mol. The Morgan fingerprint density at radius 3 is 2.18 bits per heavy atom. The molecule has 0 unspecified atom stereocenters. The van der Waals surface area contributed by atoms with Crippen molar-refractivity contribution >= 4 is 31.9 Å². The van der Waals surface area contributed by atoms with Crippen LogP contribution in [0, 0.1) is 0 Å². The molecule has 0 amide bonds. The lowest BCUT2D eigenvalue weighted by atomic mass is 10.2. The number of nitrogens with zero attached hydrogens (tertiary/aromatic N) is 3. The molecule has 1 aromatic rings. The Labute approximate surface area is 80.6 Å². The summed E-state index contributed by atoms with van der Waals surface area (Å²) >= 11 is 6.55. The normalized spacial score (nSPS) is 18.4. The number of aromatic nitrogens is 3. The van der Waals surface area contributed by atoms with Gasteiger partial charge in [-0.2, -0.15) is 4.80 Å². The fraction of sp³-hybridized carbons (Fsp3) is 0.600. The van der Waals surface area contributed by atoms with Gasteiger partial charge in [-0.3, -0.25) is 0 Å². The number of hydrogen-bond acceptors (Lipinski definition) is 3. The first kappa shape index (κ1) is 7.70. The lowest BCUT2D eigenvalue weighted by Gasteiger charge is -2.25. The van der Waals surface area contributed by atoms with Crippen molar-refractivity contribution in [2.45, 2.75) is 6.04 Å². The van der Waals surface area contributed by atoms with Gasteiger partial charge in [0.2, 0.25) is 0 Å². The van der Waals surface area contributed by atoms with Gasteiger partial charge in [0.15, 0.2) is 9.21 Å². The van der Waals surface area contributed by atoms with E-state index in [4.69, 9.17) is 0 Å². The summed E-state index contributed by atoms with van der Waals surface area (Å²) in [6.07, 6.45) is 0. The molecule has 6 heteroatoms.